The second-order valence-electron chi connectivity index (χ2n) is 7.97. The third-order valence-corrected chi connectivity index (χ3v) is 6.67. The lowest BCUT2D eigenvalue weighted by Gasteiger charge is -2.41. The summed E-state index contributed by atoms with van der Waals surface area (Å²) in [6, 6.07) is 0. The zero-order chi connectivity index (χ0) is 15.5. The van der Waals surface area contributed by atoms with Crippen molar-refractivity contribution >= 4 is 0 Å². The van der Waals surface area contributed by atoms with Gasteiger partial charge in [-0.1, -0.05) is 12.8 Å². The third-order valence-electron chi connectivity index (χ3n) is 6.67. The lowest BCUT2D eigenvalue weighted by Crippen LogP contribution is -2.37. The van der Waals surface area contributed by atoms with Crippen molar-refractivity contribution in [1.29, 1.82) is 0 Å². The standard InChI is InChI=1S/C19H32O4/c1-4-16(5-2-15(1)3-6-18-20-11-12-21-18)17-7-9-19(10-8-17)22-13-14-23-19/h15-18H,1-14H2. The van der Waals surface area contributed by atoms with Crippen molar-refractivity contribution in [3.63, 3.8) is 0 Å². The third kappa shape index (κ3) is 3.92. The fourth-order valence-corrected chi connectivity index (χ4v) is 5.23. The molecule has 4 heteroatoms. The minimum absolute atomic E-state index is 0.0914. The topological polar surface area (TPSA) is 36.9 Å². The van der Waals surface area contributed by atoms with Crippen LogP contribution in [0.2, 0.25) is 0 Å². The first-order valence-electron chi connectivity index (χ1n) is 9.84. The Kier molecular flexibility index (Phi) is 5.24. The van der Waals surface area contributed by atoms with Crippen LogP contribution in [-0.2, 0) is 18.9 Å². The summed E-state index contributed by atoms with van der Waals surface area (Å²) in [5.41, 5.74) is 0. The molecule has 0 aromatic heterocycles. The van der Waals surface area contributed by atoms with Crippen molar-refractivity contribution in [2.75, 3.05) is 26.4 Å². The van der Waals surface area contributed by atoms with Crippen molar-refractivity contribution in [3.05, 3.63) is 0 Å². The Balaban J connectivity index is 1.16. The van der Waals surface area contributed by atoms with Crippen molar-refractivity contribution in [1.82, 2.24) is 0 Å². The lowest BCUT2D eigenvalue weighted by molar-refractivity contribution is -0.185. The molecule has 0 aromatic rings. The molecule has 0 radical (unpaired) electrons. The summed E-state index contributed by atoms with van der Waals surface area (Å²) in [5.74, 6) is 2.57. The van der Waals surface area contributed by atoms with Gasteiger partial charge >= 0.3 is 0 Å². The van der Waals surface area contributed by atoms with Gasteiger partial charge in [-0.05, 0) is 56.3 Å². The highest BCUT2D eigenvalue weighted by Gasteiger charge is 2.42. The number of rotatable bonds is 4. The molecule has 4 fully saturated rings. The smallest absolute Gasteiger partial charge is 0.168 e. The fraction of sp³-hybridized carbons (Fsp3) is 1.00. The molecule has 23 heavy (non-hydrogen) atoms. The fourth-order valence-electron chi connectivity index (χ4n) is 5.23. The molecule has 0 amide bonds. The summed E-state index contributed by atoms with van der Waals surface area (Å²) in [6.45, 7) is 3.16. The second-order valence-corrected chi connectivity index (χ2v) is 7.97. The predicted octanol–water partition coefficient (Wildman–Crippen LogP) is 3.88. The molecule has 0 N–H and O–H groups in total. The maximum absolute atomic E-state index is 5.87. The molecule has 4 aliphatic rings. The molecule has 132 valence electrons. The molecule has 2 heterocycles. The molecule has 2 saturated carbocycles. The van der Waals surface area contributed by atoms with Crippen LogP contribution in [0.3, 0.4) is 0 Å². The molecule has 4 rings (SSSR count). The van der Waals surface area contributed by atoms with E-state index < -0.39 is 0 Å². The van der Waals surface area contributed by atoms with Crippen molar-refractivity contribution in [2.24, 2.45) is 17.8 Å². The van der Waals surface area contributed by atoms with E-state index in [1.54, 1.807) is 0 Å². The summed E-state index contributed by atoms with van der Waals surface area (Å²) in [5, 5.41) is 0. The Labute approximate surface area is 140 Å². The summed E-state index contributed by atoms with van der Waals surface area (Å²) < 4.78 is 22.9. The number of hydrogen-bond donors (Lipinski definition) is 0. The Morgan fingerprint density at radius 3 is 1.91 bits per heavy atom. The number of hydrogen-bond acceptors (Lipinski definition) is 4. The molecule has 0 aromatic carbocycles. The zero-order valence-electron chi connectivity index (χ0n) is 14.3. The maximum atomic E-state index is 5.87. The molecule has 1 spiro atoms. The normalized spacial score (nSPS) is 36.0. The Morgan fingerprint density at radius 2 is 1.26 bits per heavy atom. The van der Waals surface area contributed by atoms with Gasteiger partial charge in [0, 0.05) is 12.8 Å². The summed E-state index contributed by atoms with van der Waals surface area (Å²) >= 11 is 0. The molecule has 0 unspecified atom stereocenters. The van der Waals surface area contributed by atoms with E-state index in [2.05, 4.69) is 0 Å². The van der Waals surface area contributed by atoms with Gasteiger partial charge in [0.1, 0.15) is 0 Å². The molecule has 0 atom stereocenters. The Bertz CT molecular complexity index is 356. The van der Waals surface area contributed by atoms with E-state index in [4.69, 9.17) is 18.9 Å². The van der Waals surface area contributed by atoms with Crippen LogP contribution in [0.4, 0.5) is 0 Å². The molecule has 2 aliphatic heterocycles. The highest BCUT2D eigenvalue weighted by Crippen LogP contribution is 2.45. The average Bonchev–Trinajstić information content (AvgIpc) is 3.27. The maximum Gasteiger partial charge on any atom is 0.168 e. The first kappa shape index (κ1) is 16.3. The molecule has 2 aliphatic carbocycles. The summed E-state index contributed by atoms with van der Waals surface area (Å²) in [7, 11) is 0. The minimum atomic E-state index is -0.186. The summed E-state index contributed by atoms with van der Waals surface area (Å²) in [4.78, 5) is 0. The summed E-state index contributed by atoms with van der Waals surface area (Å²) in [6.07, 6.45) is 13.0. The van der Waals surface area contributed by atoms with Gasteiger partial charge in [0.15, 0.2) is 12.1 Å². The van der Waals surface area contributed by atoms with E-state index in [9.17, 15) is 0 Å². The van der Waals surface area contributed by atoms with Crippen molar-refractivity contribution < 1.29 is 18.9 Å². The first-order valence-corrected chi connectivity index (χ1v) is 9.84. The number of ether oxygens (including phenoxy) is 4. The van der Waals surface area contributed by atoms with Gasteiger partial charge in [-0.2, -0.15) is 0 Å². The van der Waals surface area contributed by atoms with Crippen LogP contribution in [-0.4, -0.2) is 38.5 Å². The van der Waals surface area contributed by atoms with E-state index in [-0.39, 0.29) is 12.1 Å². The van der Waals surface area contributed by atoms with Crippen LogP contribution < -0.4 is 0 Å². The van der Waals surface area contributed by atoms with E-state index in [1.807, 2.05) is 0 Å². The van der Waals surface area contributed by atoms with E-state index in [0.29, 0.717) is 0 Å². The van der Waals surface area contributed by atoms with E-state index >= 15 is 0 Å². The molecular formula is C19H32O4. The highest BCUT2D eigenvalue weighted by molar-refractivity contribution is 4.87. The van der Waals surface area contributed by atoms with E-state index in [0.717, 1.165) is 63.4 Å². The predicted molar refractivity (Wildman–Crippen MR) is 87.0 cm³/mol. The van der Waals surface area contributed by atoms with Crippen LogP contribution in [0.1, 0.15) is 64.2 Å². The molecule has 2 saturated heterocycles. The second kappa shape index (κ2) is 7.38. The average molecular weight is 324 g/mol. The molecule has 4 nitrogen and oxygen atoms in total. The van der Waals surface area contributed by atoms with Gasteiger partial charge < -0.3 is 18.9 Å². The molecular weight excluding hydrogens is 292 g/mol. The van der Waals surface area contributed by atoms with Gasteiger partial charge in [0.2, 0.25) is 0 Å². The van der Waals surface area contributed by atoms with Gasteiger partial charge in [-0.15, -0.1) is 0 Å². The van der Waals surface area contributed by atoms with Crippen LogP contribution in [0.5, 0.6) is 0 Å². The lowest BCUT2D eigenvalue weighted by atomic mass is 9.69. The van der Waals surface area contributed by atoms with E-state index in [1.165, 1.54) is 44.9 Å². The SMILES string of the molecule is C1COC(CCC2CCC(C3CCC4(CC3)OCCO4)CC2)O1. The Hall–Kier alpha value is -0.160. The van der Waals surface area contributed by atoms with Crippen LogP contribution in [0.25, 0.3) is 0 Å². The molecule has 0 bridgehead atoms. The van der Waals surface area contributed by atoms with Crippen LogP contribution in [0.15, 0.2) is 0 Å². The first-order chi connectivity index (χ1) is 11.3. The zero-order valence-corrected chi connectivity index (χ0v) is 14.3. The van der Waals surface area contributed by atoms with Gasteiger partial charge in [0.25, 0.3) is 0 Å². The quantitative estimate of drug-likeness (QED) is 0.786. The Morgan fingerprint density at radius 1 is 0.652 bits per heavy atom. The van der Waals surface area contributed by atoms with Gasteiger partial charge in [-0.25, -0.2) is 0 Å². The van der Waals surface area contributed by atoms with Crippen molar-refractivity contribution in [3.8, 4) is 0 Å². The van der Waals surface area contributed by atoms with Crippen LogP contribution >= 0.6 is 0 Å². The minimum Gasteiger partial charge on any atom is -0.350 e. The van der Waals surface area contributed by atoms with Gasteiger partial charge in [0.05, 0.1) is 26.4 Å². The monoisotopic (exact) mass is 324 g/mol. The van der Waals surface area contributed by atoms with Crippen LogP contribution in [0, 0.1) is 17.8 Å². The van der Waals surface area contributed by atoms with Gasteiger partial charge in [-0.3, -0.25) is 0 Å². The highest BCUT2D eigenvalue weighted by atomic mass is 16.7. The largest absolute Gasteiger partial charge is 0.350 e. The van der Waals surface area contributed by atoms with Crippen molar-refractivity contribution in [2.45, 2.75) is 76.3 Å².